The van der Waals surface area contributed by atoms with Crippen molar-refractivity contribution in [3.05, 3.63) is 35.4 Å². The molecule has 0 N–H and O–H groups in total. The number of aryl methyl sites for hydroxylation is 1. The number of rotatable bonds is 7. The van der Waals surface area contributed by atoms with Crippen LogP contribution in [-0.4, -0.2) is 37.2 Å². The van der Waals surface area contributed by atoms with Crippen molar-refractivity contribution in [2.24, 2.45) is 0 Å². The lowest BCUT2D eigenvalue weighted by Crippen LogP contribution is -2.32. The third-order valence-electron chi connectivity index (χ3n) is 2.71. The van der Waals surface area contributed by atoms with Gasteiger partial charge in [-0.25, -0.2) is 9.59 Å². The zero-order valence-electron chi connectivity index (χ0n) is 13.0. The fraction of sp³-hybridized carbons (Fsp3) is 0.438. The molecule has 22 heavy (non-hydrogen) atoms. The van der Waals surface area contributed by atoms with Crippen LogP contribution in [0.3, 0.4) is 0 Å². The summed E-state index contributed by atoms with van der Waals surface area (Å²) in [6, 6.07) is 6.74. The number of carbonyl (C=O) groups is 3. The Morgan fingerprint density at radius 3 is 2.36 bits per heavy atom. The maximum Gasteiger partial charge on any atom is 0.348 e. The molecule has 0 amide bonds. The van der Waals surface area contributed by atoms with E-state index in [0.717, 1.165) is 5.56 Å². The van der Waals surface area contributed by atoms with Crippen molar-refractivity contribution in [1.82, 2.24) is 0 Å². The van der Waals surface area contributed by atoms with E-state index in [1.165, 1.54) is 0 Å². The number of ether oxygens (including phenoxy) is 3. The second-order valence-electron chi connectivity index (χ2n) is 4.52. The van der Waals surface area contributed by atoms with E-state index >= 15 is 0 Å². The summed E-state index contributed by atoms with van der Waals surface area (Å²) in [4.78, 5) is 35.4. The van der Waals surface area contributed by atoms with E-state index in [-0.39, 0.29) is 19.6 Å². The van der Waals surface area contributed by atoms with Crippen LogP contribution in [0.1, 0.15) is 36.2 Å². The molecule has 0 unspecified atom stereocenters. The lowest BCUT2D eigenvalue weighted by molar-refractivity contribution is -0.160. The number of esters is 3. The van der Waals surface area contributed by atoms with Gasteiger partial charge in [-0.1, -0.05) is 17.7 Å². The van der Waals surface area contributed by atoms with Crippen LogP contribution in [0.5, 0.6) is 0 Å². The molecule has 0 bridgehead atoms. The van der Waals surface area contributed by atoms with Crippen LogP contribution < -0.4 is 0 Å². The van der Waals surface area contributed by atoms with Gasteiger partial charge >= 0.3 is 17.9 Å². The Morgan fingerprint density at radius 1 is 1.09 bits per heavy atom. The van der Waals surface area contributed by atoms with E-state index in [4.69, 9.17) is 14.2 Å². The fourth-order valence-corrected chi connectivity index (χ4v) is 1.75. The molecule has 0 aliphatic rings. The number of benzene rings is 1. The van der Waals surface area contributed by atoms with Gasteiger partial charge in [-0.2, -0.15) is 0 Å². The molecule has 1 rings (SSSR count). The molecule has 1 atom stereocenters. The number of hydrogen-bond acceptors (Lipinski definition) is 6. The lowest BCUT2D eigenvalue weighted by atomic mass is 10.1. The van der Waals surface area contributed by atoms with Gasteiger partial charge in [0.1, 0.15) is 0 Å². The maximum atomic E-state index is 12.1. The van der Waals surface area contributed by atoms with Crippen molar-refractivity contribution >= 4 is 17.9 Å². The minimum Gasteiger partial charge on any atom is -0.466 e. The van der Waals surface area contributed by atoms with Gasteiger partial charge in [-0.05, 0) is 32.9 Å². The molecular weight excluding hydrogens is 288 g/mol. The predicted molar refractivity (Wildman–Crippen MR) is 78.3 cm³/mol. The SMILES string of the molecule is CCOC(=O)C[C@@H](OC(=O)c1cccc(C)c1)C(=O)OCC. The Morgan fingerprint density at radius 2 is 1.77 bits per heavy atom. The zero-order chi connectivity index (χ0) is 16.5. The van der Waals surface area contributed by atoms with E-state index in [1.54, 1.807) is 32.0 Å². The predicted octanol–water partition coefficient (Wildman–Crippen LogP) is 2.04. The van der Waals surface area contributed by atoms with Crippen LogP contribution in [0.25, 0.3) is 0 Å². The molecule has 1 aromatic rings. The number of hydrogen-bond donors (Lipinski definition) is 0. The molecule has 0 radical (unpaired) electrons. The Bertz CT molecular complexity index is 537. The van der Waals surface area contributed by atoms with Crippen LogP contribution in [-0.2, 0) is 23.8 Å². The molecule has 120 valence electrons. The first-order valence-corrected chi connectivity index (χ1v) is 7.07. The molecule has 6 nitrogen and oxygen atoms in total. The van der Waals surface area contributed by atoms with E-state index in [0.29, 0.717) is 5.56 Å². The van der Waals surface area contributed by atoms with Gasteiger partial charge in [0, 0.05) is 0 Å². The Labute approximate surface area is 129 Å². The molecule has 0 aliphatic carbocycles. The molecule has 0 heterocycles. The third kappa shape index (κ3) is 5.55. The Hall–Kier alpha value is -2.37. The van der Waals surface area contributed by atoms with Crippen LogP contribution in [0.4, 0.5) is 0 Å². The first-order chi connectivity index (χ1) is 10.5. The fourth-order valence-electron chi connectivity index (χ4n) is 1.75. The smallest absolute Gasteiger partial charge is 0.348 e. The zero-order valence-corrected chi connectivity index (χ0v) is 13.0. The lowest BCUT2D eigenvalue weighted by Gasteiger charge is -2.16. The van der Waals surface area contributed by atoms with Crippen molar-refractivity contribution in [1.29, 1.82) is 0 Å². The van der Waals surface area contributed by atoms with Crippen molar-refractivity contribution in [3.63, 3.8) is 0 Å². The average molecular weight is 308 g/mol. The molecule has 0 aromatic heterocycles. The van der Waals surface area contributed by atoms with E-state index in [9.17, 15) is 14.4 Å². The molecule has 0 saturated heterocycles. The second-order valence-corrected chi connectivity index (χ2v) is 4.52. The van der Waals surface area contributed by atoms with E-state index in [2.05, 4.69) is 0 Å². The summed E-state index contributed by atoms with van der Waals surface area (Å²) in [5, 5.41) is 0. The maximum absolute atomic E-state index is 12.1. The molecule has 0 fully saturated rings. The third-order valence-corrected chi connectivity index (χ3v) is 2.71. The normalized spacial score (nSPS) is 11.4. The van der Waals surface area contributed by atoms with Crippen molar-refractivity contribution in [3.8, 4) is 0 Å². The highest BCUT2D eigenvalue weighted by Gasteiger charge is 2.28. The summed E-state index contributed by atoms with van der Waals surface area (Å²) in [6.45, 7) is 5.41. The minimum absolute atomic E-state index is 0.125. The van der Waals surface area contributed by atoms with Gasteiger partial charge in [-0.15, -0.1) is 0 Å². The Balaban J connectivity index is 2.80. The van der Waals surface area contributed by atoms with Gasteiger partial charge < -0.3 is 14.2 Å². The van der Waals surface area contributed by atoms with Crippen molar-refractivity contribution < 1.29 is 28.6 Å². The molecule has 0 spiro atoms. The summed E-state index contributed by atoms with van der Waals surface area (Å²) < 4.78 is 14.7. The second kappa shape index (κ2) is 8.81. The molecule has 0 saturated carbocycles. The summed E-state index contributed by atoms with van der Waals surface area (Å²) >= 11 is 0. The largest absolute Gasteiger partial charge is 0.466 e. The standard InChI is InChI=1S/C16H20O6/c1-4-20-14(17)10-13(16(19)21-5-2)22-15(18)12-8-6-7-11(3)9-12/h6-9,13H,4-5,10H2,1-3H3/t13-/m1/s1. The van der Waals surface area contributed by atoms with Gasteiger partial charge in [0.05, 0.1) is 25.2 Å². The van der Waals surface area contributed by atoms with E-state index < -0.39 is 24.0 Å². The van der Waals surface area contributed by atoms with Gasteiger partial charge in [0.2, 0.25) is 6.10 Å². The molecular formula is C16H20O6. The quantitative estimate of drug-likeness (QED) is 0.566. The topological polar surface area (TPSA) is 78.9 Å². The highest BCUT2D eigenvalue weighted by atomic mass is 16.6. The van der Waals surface area contributed by atoms with Crippen molar-refractivity contribution in [2.75, 3.05) is 13.2 Å². The molecule has 6 heteroatoms. The van der Waals surface area contributed by atoms with Crippen molar-refractivity contribution in [2.45, 2.75) is 33.3 Å². The van der Waals surface area contributed by atoms with Gasteiger partial charge in [0.15, 0.2) is 0 Å². The number of carbonyl (C=O) groups excluding carboxylic acids is 3. The monoisotopic (exact) mass is 308 g/mol. The minimum atomic E-state index is -1.31. The van der Waals surface area contributed by atoms with Gasteiger partial charge in [-0.3, -0.25) is 4.79 Å². The highest BCUT2D eigenvalue weighted by molar-refractivity contribution is 5.92. The first kappa shape index (κ1) is 17.7. The summed E-state index contributed by atoms with van der Waals surface area (Å²) in [7, 11) is 0. The summed E-state index contributed by atoms with van der Waals surface area (Å²) in [5.41, 5.74) is 1.19. The van der Waals surface area contributed by atoms with Crippen LogP contribution in [0.2, 0.25) is 0 Å². The van der Waals surface area contributed by atoms with E-state index in [1.807, 2.05) is 13.0 Å². The summed E-state index contributed by atoms with van der Waals surface area (Å²) in [5.74, 6) is -2.08. The highest BCUT2D eigenvalue weighted by Crippen LogP contribution is 2.11. The average Bonchev–Trinajstić information content (AvgIpc) is 2.47. The first-order valence-electron chi connectivity index (χ1n) is 7.07. The van der Waals surface area contributed by atoms with Crippen LogP contribution in [0, 0.1) is 6.92 Å². The van der Waals surface area contributed by atoms with Crippen LogP contribution >= 0.6 is 0 Å². The molecule has 0 aliphatic heterocycles. The van der Waals surface area contributed by atoms with Crippen LogP contribution in [0.15, 0.2) is 24.3 Å². The summed E-state index contributed by atoms with van der Waals surface area (Å²) in [6.07, 6.45) is -1.68. The van der Waals surface area contributed by atoms with Gasteiger partial charge in [0.25, 0.3) is 0 Å². The molecule has 1 aromatic carbocycles. The Kier molecular flexibility index (Phi) is 7.08.